The molecule has 0 aliphatic heterocycles. The van der Waals surface area contributed by atoms with Gasteiger partial charge >= 0.3 is 0 Å². The Morgan fingerprint density at radius 1 is 1.53 bits per heavy atom. The number of nitrogens with zero attached hydrogens (tertiary/aromatic N) is 2. The van der Waals surface area contributed by atoms with Gasteiger partial charge in [0.2, 0.25) is 0 Å². The van der Waals surface area contributed by atoms with Gasteiger partial charge in [-0.05, 0) is 25.9 Å². The van der Waals surface area contributed by atoms with E-state index in [1.54, 1.807) is 11.3 Å². The van der Waals surface area contributed by atoms with Gasteiger partial charge in [-0.1, -0.05) is 13.8 Å². The van der Waals surface area contributed by atoms with Crippen molar-refractivity contribution in [2.24, 2.45) is 11.1 Å². The fourth-order valence-corrected chi connectivity index (χ4v) is 2.21. The van der Waals surface area contributed by atoms with Gasteiger partial charge in [-0.25, -0.2) is 4.98 Å². The van der Waals surface area contributed by atoms with Gasteiger partial charge in [0.1, 0.15) is 0 Å². The lowest BCUT2D eigenvalue weighted by Gasteiger charge is -2.28. The number of hydrogen-bond acceptors (Lipinski definition) is 4. The first-order valence-electron chi connectivity index (χ1n) is 5.22. The summed E-state index contributed by atoms with van der Waals surface area (Å²) in [5, 5.41) is 3.26. The molecule has 4 heteroatoms. The van der Waals surface area contributed by atoms with Crippen molar-refractivity contribution in [3.05, 3.63) is 16.1 Å². The first-order chi connectivity index (χ1) is 6.93. The Morgan fingerprint density at radius 3 is 2.67 bits per heavy atom. The van der Waals surface area contributed by atoms with Gasteiger partial charge < -0.3 is 5.73 Å². The molecule has 0 aromatic carbocycles. The van der Waals surface area contributed by atoms with Crippen LogP contribution in [-0.2, 0) is 6.54 Å². The molecule has 0 fully saturated rings. The third kappa shape index (κ3) is 4.28. The highest BCUT2D eigenvalue weighted by molar-refractivity contribution is 7.09. The number of aryl methyl sites for hydroxylation is 1. The minimum atomic E-state index is 0.180. The van der Waals surface area contributed by atoms with Crippen LogP contribution < -0.4 is 5.73 Å². The zero-order valence-electron chi connectivity index (χ0n) is 10.1. The standard InChI is InChI=1S/C11H21N3S/c1-9-13-10(6-15-9)5-14(4)8-11(2,3)7-12/h6H,5,7-8,12H2,1-4H3. The van der Waals surface area contributed by atoms with Crippen LogP contribution in [0, 0.1) is 12.3 Å². The summed E-state index contributed by atoms with van der Waals surface area (Å²) in [6.07, 6.45) is 0. The molecule has 0 unspecified atom stereocenters. The van der Waals surface area contributed by atoms with Crippen molar-refractivity contribution in [2.45, 2.75) is 27.3 Å². The topological polar surface area (TPSA) is 42.2 Å². The van der Waals surface area contributed by atoms with Crippen molar-refractivity contribution >= 4 is 11.3 Å². The van der Waals surface area contributed by atoms with Crippen LogP contribution in [0.4, 0.5) is 0 Å². The number of nitrogens with two attached hydrogens (primary N) is 1. The molecule has 0 aliphatic carbocycles. The number of thiazole rings is 1. The maximum Gasteiger partial charge on any atom is 0.0897 e. The van der Waals surface area contributed by atoms with Crippen LogP contribution in [0.25, 0.3) is 0 Å². The first kappa shape index (κ1) is 12.6. The zero-order chi connectivity index (χ0) is 11.5. The second-order valence-electron chi connectivity index (χ2n) is 4.90. The second kappa shape index (κ2) is 5.05. The molecule has 1 heterocycles. The van der Waals surface area contributed by atoms with E-state index in [2.05, 4.69) is 36.2 Å². The van der Waals surface area contributed by atoms with Gasteiger partial charge in [0, 0.05) is 18.5 Å². The highest BCUT2D eigenvalue weighted by atomic mass is 32.1. The Kier molecular flexibility index (Phi) is 4.25. The van der Waals surface area contributed by atoms with Crippen LogP contribution >= 0.6 is 11.3 Å². The predicted octanol–water partition coefficient (Wildman–Crippen LogP) is 1.87. The highest BCUT2D eigenvalue weighted by Crippen LogP contribution is 2.16. The van der Waals surface area contributed by atoms with E-state index in [0.29, 0.717) is 6.54 Å². The lowest BCUT2D eigenvalue weighted by molar-refractivity contribution is 0.208. The SMILES string of the molecule is Cc1nc(CN(C)CC(C)(C)CN)cs1. The normalized spacial score (nSPS) is 12.4. The highest BCUT2D eigenvalue weighted by Gasteiger charge is 2.18. The van der Waals surface area contributed by atoms with Gasteiger partial charge in [0.15, 0.2) is 0 Å². The van der Waals surface area contributed by atoms with Gasteiger partial charge in [-0.15, -0.1) is 11.3 Å². The quantitative estimate of drug-likeness (QED) is 0.835. The van der Waals surface area contributed by atoms with E-state index in [1.807, 2.05) is 6.92 Å². The summed E-state index contributed by atoms with van der Waals surface area (Å²) in [7, 11) is 2.12. The summed E-state index contributed by atoms with van der Waals surface area (Å²) in [5.41, 5.74) is 7.05. The average Bonchev–Trinajstić information content (AvgIpc) is 2.50. The number of aromatic nitrogens is 1. The molecule has 0 spiro atoms. The Hall–Kier alpha value is -0.450. The van der Waals surface area contributed by atoms with Crippen molar-refractivity contribution in [1.29, 1.82) is 0 Å². The molecule has 0 saturated heterocycles. The molecular weight excluding hydrogens is 206 g/mol. The largest absolute Gasteiger partial charge is 0.330 e. The lowest BCUT2D eigenvalue weighted by Crippen LogP contribution is -2.36. The van der Waals surface area contributed by atoms with Crippen molar-refractivity contribution in [2.75, 3.05) is 20.1 Å². The molecule has 0 radical (unpaired) electrons. The Bertz CT molecular complexity index is 307. The van der Waals surface area contributed by atoms with E-state index in [1.165, 1.54) is 0 Å². The average molecular weight is 227 g/mol. The van der Waals surface area contributed by atoms with E-state index in [-0.39, 0.29) is 5.41 Å². The molecule has 0 atom stereocenters. The minimum absolute atomic E-state index is 0.180. The molecule has 2 N–H and O–H groups in total. The fourth-order valence-electron chi connectivity index (χ4n) is 1.61. The molecule has 0 saturated carbocycles. The monoisotopic (exact) mass is 227 g/mol. The molecule has 1 aromatic rings. The van der Waals surface area contributed by atoms with Crippen LogP contribution in [-0.4, -0.2) is 30.0 Å². The summed E-state index contributed by atoms with van der Waals surface area (Å²) in [6, 6.07) is 0. The summed E-state index contributed by atoms with van der Waals surface area (Å²) < 4.78 is 0. The maximum atomic E-state index is 5.71. The smallest absolute Gasteiger partial charge is 0.0897 e. The molecule has 1 aromatic heterocycles. The predicted molar refractivity (Wildman–Crippen MR) is 66.0 cm³/mol. The van der Waals surface area contributed by atoms with Crippen molar-refractivity contribution in [1.82, 2.24) is 9.88 Å². The van der Waals surface area contributed by atoms with Gasteiger partial charge in [-0.2, -0.15) is 0 Å². The molecule has 15 heavy (non-hydrogen) atoms. The summed E-state index contributed by atoms with van der Waals surface area (Å²) in [4.78, 5) is 6.73. The van der Waals surface area contributed by atoms with Gasteiger partial charge in [0.25, 0.3) is 0 Å². The van der Waals surface area contributed by atoms with Crippen LogP contribution in [0.15, 0.2) is 5.38 Å². The van der Waals surface area contributed by atoms with Crippen molar-refractivity contribution < 1.29 is 0 Å². The van der Waals surface area contributed by atoms with Crippen LogP contribution in [0.3, 0.4) is 0 Å². The third-order valence-electron chi connectivity index (χ3n) is 2.35. The van der Waals surface area contributed by atoms with Crippen LogP contribution in [0.2, 0.25) is 0 Å². The van der Waals surface area contributed by atoms with Gasteiger partial charge in [0.05, 0.1) is 10.7 Å². The molecule has 3 nitrogen and oxygen atoms in total. The van der Waals surface area contributed by atoms with Crippen LogP contribution in [0.5, 0.6) is 0 Å². The van der Waals surface area contributed by atoms with E-state index in [4.69, 9.17) is 5.73 Å². The van der Waals surface area contributed by atoms with Crippen molar-refractivity contribution in [3.8, 4) is 0 Å². The summed E-state index contributed by atoms with van der Waals surface area (Å²) in [6.45, 7) is 9.05. The lowest BCUT2D eigenvalue weighted by atomic mass is 9.93. The molecular formula is C11H21N3S. The summed E-state index contributed by atoms with van der Waals surface area (Å²) in [5.74, 6) is 0. The fraction of sp³-hybridized carbons (Fsp3) is 0.727. The molecule has 86 valence electrons. The van der Waals surface area contributed by atoms with E-state index in [9.17, 15) is 0 Å². The van der Waals surface area contributed by atoms with E-state index < -0.39 is 0 Å². The van der Waals surface area contributed by atoms with Gasteiger partial charge in [-0.3, -0.25) is 4.90 Å². The number of rotatable bonds is 5. The Balaban J connectivity index is 2.46. The first-order valence-corrected chi connectivity index (χ1v) is 6.10. The third-order valence-corrected chi connectivity index (χ3v) is 3.17. The van der Waals surface area contributed by atoms with Crippen molar-refractivity contribution in [3.63, 3.8) is 0 Å². The molecule has 0 amide bonds. The zero-order valence-corrected chi connectivity index (χ0v) is 10.9. The maximum absolute atomic E-state index is 5.71. The van der Waals surface area contributed by atoms with Crippen LogP contribution in [0.1, 0.15) is 24.5 Å². The number of hydrogen-bond donors (Lipinski definition) is 1. The van der Waals surface area contributed by atoms with E-state index >= 15 is 0 Å². The Labute approximate surface area is 96.3 Å². The second-order valence-corrected chi connectivity index (χ2v) is 5.96. The molecule has 0 bridgehead atoms. The molecule has 1 rings (SSSR count). The van der Waals surface area contributed by atoms with E-state index in [0.717, 1.165) is 23.8 Å². The summed E-state index contributed by atoms with van der Waals surface area (Å²) >= 11 is 1.71. The minimum Gasteiger partial charge on any atom is -0.330 e. The Morgan fingerprint density at radius 2 is 2.20 bits per heavy atom. The molecule has 0 aliphatic rings.